The van der Waals surface area contributed by atoms with E-state index >= 15 is 0 Å². The van der Waals surface area contributed by atoms with Crippen LogP contribution in [0, 0.1) is 18.3 Å². The van der Waals surface area contributed by atoms with Gasteiger partial charge in [0.15, 0.2) is 0 Å². The van der Waals surface area contributed by atoms with Crippen LogP contribution in [0.1, 0.15) is 26.3 Å². The molecule has 1 aromatic rings. The predicted molar refractivity (Wildman–Crippen MR) is 85.3 cm³/mol. The van der Waals surface area contributed by atoms with Crippen LogP contribution in [0.5, 0.6) is 5.75 Å². The van der Waals surface area contributed by atoms with Crippen LogP contribution in [0.4, 0.5) is 0 Å². The van der Waals surface area contributed by atoms with Crippen LogP contribution in [0.15, 0.2) is 22.7 Å². The quantitative estimate of drug-likeness (QED) is 0.873. The lowest BCUT2D eigenvalue weighted by Gasteiger charge is -2.30. The largest absolute Gasteiger partial charge is 0.492 e. The van der Waals surface area contributed by atoms with Crippen molar-refractivity contribution in [1.82, 2.24) is 0 Å². The van der Waals surface area contributed by atoms with Gasteiger partial charge in [-0.1, -0.05) is 26.8 Å². The van der Waals surface area contributed by atoms with Gasteiger partial charge in [-0.3, -0.25) is 0 Å². The summed E-state index contributed by atoms with van der Waals surface area (Å²) < 4.78 is 29.3. The standard InChI is InChI=1S/C14H22BrNO3S/c1-10-5-6-13(12(15)7-10)19-8-11(14(2,3)4)9-20(16,17)18/h5-7,11H,8-9H2,1-4H3,(H2,16,17,18). The molecule has 0 fully saturated rings. The molecule has 0 bridgehead atoms. The normalized spacial score (nSPS) is 14.1. The first-order chi connectivity index (χ1) is 8.99. The molecule has 0 amide bonds. The van der Waals surface area contributed by atoms with Crippen LogP contribution in [0.25, 0.3) is 0 Å². The number of ether oxygens (including phenoxy) is 1. The van der Waals surface area contributed by atoms with E-state index in [1.54, 1.807) is 0 Å². The minimum absolute atomic E-state index is 0.0834. The third-order valence-electron chi connectivity index (χ3n) is 3.19. The van der Waals surface area contributed by atoms with E-state index in [0.717, 1.165) is 10.0 Å². The second-order valence-corrected chi connectivity index (χ2v) is 8.65. The van der Waals surface area contributed by atoms with Gasteiger partial charge >= 0.3 is 0 Å². The van der Waals surface area contributed by atoms with Gasteiger partial charge < -0.3 is 4.74 Å². The van der Waals surface area contributed by atoms with Crippen molar-refractivity contribution in [1.29, 1.82) is 0 Å². The number of rotatable bonds is 5. The van der Waals surface area contributed by atoms with Crippen molar-refractivity contribution in [2.24, 2.45) is 16.5 Å². The van der Waals surface area contributed by atoms with Crippen molar-refractivity contribution in [3.05, 3.63) is 28.2 Å². The van der Waals surface area contributed by atoms with Crippen LogP contribution in [0.3, 0.4) is 0 Å². The molecule has 1 aromatic carbocycles. The average Bonchev–Trinajstić information content (AvgIpc) is 2.23. The Hall–Kier alpha value is -0.590. The van der Waals surface area contributed by atoms with Gasteiger partial charge in [0.25, 0.3) is 0 Å². The smallest absolute Gasteiger partial charge is 0.209 e. The maximum absolute atomic E-state index is 11.3. The van der Waals surface area contributed by atoms with Crippen LogP contribution in [-0.2, 0) is 10.0 Å². The van der Waals surface area contributed by atoms with Crippen molar-refractivity contribution >= 4 is 26.0 Å². The SMILES string of the molecule is Cc1ccc(OCC(CS(N)(=O)=O)C(C)(C)C)c(Br)c1. The average molecular weight is 364 g/mol. The molecule has 0 aromatic heterocycles. The molecule has 1 atom stereocenters. The Morgan fingerprint density at radius 2 is 1.95 bits per heavy atom. The maximum Gasteiger partial charge on any atom is 0.209 e. The van der Waals surface area contributed by atoms with Gasteiger partial charge in [-0.2, -0.15) is 0 Å². The highest BCUT2D eigenvalue weighted by molar-refractivity contribution is 9.10. The van der Waals surface area contributed by atoms with Gasteiger partial charge in [0, 0.05) is 5.92 Å². The maximum atomic E-state index is 11.3. The predicted octanol–water partition coefficient (Wildman–Crippen LogP) is 3.09. The summed E-state index contributed by atoms with van der Waals surface area (Å²) >= 11 is 3.44. The van der Waals surface area contributed by atoms with Crippen molar-refractivity contribution in [2.75, 3.05) is 12.4 Å². The van der Waals surface area contributed by atoms with E-state index in [2.05, 4.69) is 15.9 Å². The molecular formula is C14H22BrNO3S. The second-order valence-electron chi connectivity index (χ2n) is 6.14. The molecule has 0 saturated heterocycles. The molecular weight excluding hydrogens is 342 g/mol. The van der Waals surface area contributed by atoms with Gasteiger partial charge in [-0.25, -0.2) is 13.6 Å². The number of primary sulfonamides is 1. The molecule has 2 N–H and O–H groups in total. The summed E-state index contributed by atoms with van der Waals surface area (Å²) in [5.41, 5.74) is 0.921. The molecule has 0 spiro atoms. The minimum Gasteiger partial charge on any atom is -0.492 e. The fraction of sp³-hybridized carbons (Fsp3) is 0.571. The Morgan fingerprint density at radius 3 is 2.40 bits per heavy atom. The molecule has 0 aliphatic heterocycles. The van der Waals surface area contributed by atoms with Crippen LogP contribution in [-0.4, -0.2) is 20.8 Å². The van der Waals surface area contributed by atoms with Crippen molar-refractivity contribution in [2.45, 2.75) is 27.7 Å². The van der Waals surface area contributed by atoms with E-state index in [0.29, 0.717) is 12.4 Å². The van der Waals surface area contributed by atoms with Crippen molar-refractivity contribution in [3.63, 3.8) is 0 Å². The third kappa shape index (κ3) is 5.81. The van der Waals surface area contributed by atoms with Crippen LogP contribution < -0.4 is 9.88 Å². The number of hydrogen-bond acceptors (Lipinski definition) is 3. The van der Waals surface area contributed by atoms with Gasteiger partial charge in [0.2, 0.25) is 10.0 Å². The Labute approximate surface area is 129 Å². The summed E-state index contributed by atoms with van der Waals surface area (Å²) in [6.45, 7) is 8.25. The van der Waals surface area contributed by atoms with E-state index in [1.165, 1.54) is 0 Å². The van der Waals surface area contributed by atoms with Crippen molar-refractivity contribution < 1.29 is 13.2 Å². The molecule has 0 aliphatic rings. The molecule has 114 valence electrons. The molecule has 1 rings (SSSR count). The molecule has 4 nitrogen and oxygen atoms in total. The lowest BCUT2D eigenvalue weighted by molar-refractivity contribution is 0.162. The van der Waals surface area contributed by atoms with E-state index in [1.807, 2.05) is 45.9 Å². The lowest BCUT2D eigenvalue weighted by atomic mass is 9.82. The first kappa shape index (κ1) is 17.5. The molecule has 20 heavy (non-hydrogen) atoms. The third-order valence-corrected chi connectivity index (χ3v) is 4.67. The Balaban J connectivity index is 2.81. The Morgan fingerprint density at radius 1 is 1.35 bits per heavy atom. The van der Waals surface area contributed by atoms with Crippen molar-refractivity contribution in [3.8, 4) is 5.75 Å². The zero-order valence-electron chi connectivity index (χ0n) is 12.3. The summed E-state index contributed by atoms with van der Waals surface area (Å²) in [6.07, 6.45) is 0. The number of benzene rings is 1. The topological polar surface area (TPSA) is 69.4 Å². The number of halogens is 1. The van der Waals surface area contributed by atoms with Gasteiger partial charge in [0.05, 0.1) is 16.8 Å². The highest BCUT2D eigenvalue weighted by Gasteiger charge is 2.29. The van der Waals surface area contributed by atoms with Gasteiger partial charge in [-0.05, 0) is 46.0 Å². The summed E-state index contributed by atoms with van der Waals surface area (Å²) in [6, 6.07) is 5.78. The molecule has 1 unspecified atom stereocenters. The molecule has 0 saturated carbocycles. The summed E-state index contributed by atoms with van der Waals surface area (Å²) in [7, 11) is -3.52. The highest BCUT2D eigenvalue weighted by Crippen LogP contribution is 2.30. The highest BCUT2D eigenvalue weighted by atomic mass is 79.9. The number of sulfonamides is 1. The summed E-state index contributed by atoms with van der Waals surface area (Å²) in [5, 5.41) is 5.16. The fourth-order valence-corrected chi connectivity index (χ4v) is 3.51. The first-order valence-electron chi connectivity index (χ1n) is 6.38. The monoisotopic (exact) mass is 363 g/mol. The van der Waals surface area contributed by atoms with Crippen LogP contribution >= 0.6 is 15.9 Å². The van der Waals surface area contributed by atoms with Gasteiger partial charge in [-0.15, -0.1) is 0 Å². The molecule has 0 heterocycles. The molecule has 0 aliphatic carbocycles. The second kappa shape index (κ2) is 6.45. The van der Waals surface area contributed by atoms with Gasteiger partial charge in [0.1, 0.15) is 5.75 Å². The number of hydrogen-bond donors (Lipinski definition) is 1. The minimum atomic E-state index is -3.52. The fourth-order valence-electron chi connectivity index (χ4n) is 1.74. The van der Waals surface area contributed by atoms with E-state index < -0.39 is 10.0 Å². The zero-order chi connectivity index (χ0) is 15.6. The van der Waals surface area contributed by atoms with E-state index in [4.69, 9.17) is 9.88 Å². The van der Waals surface area contributed by atoms with E-state index in [-0.39, 0.29) is 17.1 Å². The number of nitrogens with two attached hydrogens (primary N) is 1. The Bertz CT molecular complexity index is 564. The lowest BCUT2D eigenvalue weighted by Crippen LogP contribution is -2.35. The molecule has 0 radical (unpaired) electrons. The van der Waals surface area contributed by atoms with Crippen LogP contribution in [0.2, 0.25) is 0 Å². The molecule has 6 heteroatoms. The zero-order valence-corrected chi connectivity index (χ0v) is 14.7. The number of aryl methyl sites for hydroxylation is 1. The summed E-state index contributed by atoms with van der Waals surface area (Å²) in [4.78, 5) is 0. The Kier molecular flexibility index (Phi) is 5.63. The first-order valence-corrected chi connectivity index (χ1v) is 8.89. The summed E-state index contributed by atoms with van der Waals surface area (Å²) in [5.74, 6) is 0.449. The van der Waals surface area contributed by atoms with E-state index in [9.17, 15) is 8.42 Å².